The Labute approximate surface area is 143 Å². The number of hydrogen-bond acceptors (Lipinski definition) is 6. The van der Waals surface area contributed by atoms with Crippen molar-refractivity contribution in [3.05, 3.63) is 54.3 Å². The van der Waals surface area contributed by atoms with E-state index < -0.39 is 0 Å². The van der Waals surface area contributed by atoms with Crippen molar-refractivity contribution in [2.75, 3.05) is 18.9 Å². The molecule has 2 amide bonds. The zero-order chi connectivity index (χ0) is 17.8. The van der Waals surface area contributed by atoms with Crippen LogP contribution in [0.15, 0.2) is 47.5 Å². The van der Waals surface area contributed by atoms with Crippen LogP contribution in [0, 0.1) is 6.92 Å². The van der Waals surface area contributed by atoms with Gasteiger partial charge in [-0.3, -0.25) is 9.59 Å². The van der Waals surface area contributed by atoms with Crippen LogP contribution in [0.1, 0.15) is 16.1 Å². The van der Waals surface area contributed by atoms with Gasteiger partial charge in [0.25, 0.3) is 5.91 Å². The second-order valence-electron chi connectivity index (χ2n) is 5.42. The third kappa shape index (κ3) is 3.89. The van der Waals surface area contributed by atoms with Crippen molar-refractivity contribution in [3.8, 4) is 5.69 Å². The minimum Gasteiger partial charge on any atom is -0.360 e. The zero-order valence-corrected chi connectivity index (χ0v) is 13.7. The minimum atomic E-state index is -0.358. The molecule has 0 saturated carbocycles. The van der Waals surface area contributed by atoms with Gasteiger partial charge in [0.15, 0.2) is 5.82 Å². The number of benzene rings is 1. The Morgan fingerprint density at radius 2 is 2.04 bits per heavy atom. The Kier molecular flexibility index (Phi) is 4.55. The average molecular weight is 340 g/mol. The summed E-state index contributed by atoms with van der Waals surface area (Å²) in [5.41, 5.74) is 1.26. The van der Waals surface area contributed by atoms with E-state index in [1.807, 2.05) is 0 Å². The van der Waals surface area contributed by atoms with E-state index in [0.717, 1.165) is 5.69 Å². The highest BCUT2D eigenvalue weighted by molar-refractivity contribution is 5.99. The van der Waals surface area contributed by atoms with Gasteiger partial charge in [0, 0.05) is 18.7 Å². The van der Waals surface area contributed by atoms with Crippen LogP contribution in [-0.4, -0.2) is 50.2 Å². The summed E-state index contributed by atoms with van der Waals surface area (Å²) in [7, 11) is 1.56. The maximum atomic E-state index is 12.4. The van der Waals surface area contributed by atoms with E-state index in [1.54, 1.807) is 55.3 Å². The van der Waals surface area contributed by atoms with Crippen LogP contribution in [0.25, 0.3) is 5.69 Å². The van der Waals surface area contributed by atoms with Gasteiger partial charge in [-0.05, 0) is 31.2 Å². The van der Waals surface area contributed by atoms with Crippen LogP contribution in [0.4, 0.5) is 5.82 Å². The van der Waals surface area contributed by atoms with Crippen molar-refractivity contribution in [2.24, 2.45) is 0 Å². The molecular weight excluding hydrogens is 324 g/mol. The Morgan fingerprint density at radius 1 is 1.28 bits per heavy atom. The van der Waals surface area contributed by atoms with Crippen molar-refractivity contribution >= 4 is 17.6 Å². The average Bonchev–Trinajstić information content (AvgIpc) is 3.26. The minimum absolute atomic E-state index is 0.102. The van der Waals surface area contributed by atoms with Crippen LogP contribution in [0.3, 0.4) is 0 Å². The molecule has 3 rings (SSSR count). The summed E-state index contributed by atoms with van der Waals surface area (Å²) in [5.74, 6) is 0.285. The van der Waals surface area contributed by atoms with Gasteiger partial charge in [0.1, 0.15) is 18.4 Å². The molecule has 2 heterocycles. The number of likely N-dealkylation sites (N-methyl/N-ethyl adjacent to an activating group) is 1. The number of carbonyl (C=O) groups excluding carboxylic acids is 2. The molecule has 0 aliphatic rings. The Hall–Kier alpha value is -3.49. The van der Waals surface area contributed by atoms with Gasteiger partial charge in [0.05, 0.1) is 12.2 Å². The van der Waals surface area contributed by atoms with Gasteiger partial charge < -0.3 is 14.7 Å². The maximum absolute atomic E-state index is 12.4. The van der Waals surface area contributed by atoms with Crippen LogP contribution >= 0.6 is 0 Å². The maximum Gasteiger partial charge on any atom is 0.254 e. The van der Waals surface area contributed by atoms with Gasteiger partial charge in [0.2, 0.25) is 5.91 Å². The molecule has 0 unspecified atom stereocenters. The normalized spacial score (nSPS) is 10.5. The molecule has 0 saturated heterocycles. The molecule has 1 aromatic carbocycles. The first kappa shape index (κ1) is 16.4. The van der Waals surface area contributed by atoms with E-state index in [2.05, 4.69) is 20.6 Å². The first-order valence-electron chi connectivity index (χ1n) is 7.46. The number of anilines is 1. The lowest BCUT2D eigenvalue weighted by Gasteiger charge is -2.16. The summed E-state index contributed by atoms with van der Waals surface area (Å²) >= 11 is 0. The van der Waals surface area contributed by atoms with Crippen LogP contribution < -0.4 is 5.32 Å². The van der Waals surface area contributed by atoms with Crippen molar-refractivity contribution in [1.29, 1.82) is 0 Å². The number of nitrogens with zero attached hydrogens (tertiary/aromatic N) is 5. The number of aromatic nitrogens is 4. The number of aryl methyl sites for hydroxylation is 1. The molecular formula is C16H16N6O3. The lowest BCUT2D eigenvalue weighted by molar-refractivity contribution is -0.116. The molecule has 0 aliphatic heterocycles. The highest BCUT2D eigenvalue weighted by Gasteiger charge is 2.16. The molecule has 3 aromatic rings. The van der Waals surface area contributed by atoms with Gasteiger partial charge in [-0.1, -0.05) is 5.16 Å². The SMILES string of the molecule is Cc1cc(NC(=O)CN(C)C(=O)c2ccc(-n3cncn3)cc2)no1. The fraction of sp³-hybridized carbons (Fsp3) is 0.188. The summed E-state index contributed by atoms with van der Waals surface area (Å²) < 4.78 is 6.46. The second kappa shape index (κ2) is 6.95. The van der Waals surface area contributed by atoms with Crippen LogP contribution in [-0.2, 0) is 4.79 Å². The standard InChI is InChI=1S/C16H16N6O3/c1-11-7-14(20-25-11)19-15(23)8-21(2)16(24)12-3-5-13(6-4-12)22-10-17-9-18-22/h3-7,9-10H,8H2,1-2H3,(H,19,20,23). The van der Waals surface area contributed by atoms with Gasteiger partial charge in [-0.25, -0.2) is 9.67 Å². The zero-order valence-electron chi connectivity index (χ0n) is 13.7. The van der Waals surface area contributed by atoms with E-state index in [4.69, 9.17) is 4.52 Å². The number of hydrogen-bond donors (Lipinski definition) is 1. The smallest absolute Gasteiger partial charge is 0.254 e. The third-order valence-corrected chi connectivity index (χ3v) is 3.42. The summed E-state index contributed by atoms with van der Waals surface area (Å²) in [5, 5.41) is 10.3. The number of carbonyl (C=O) groups is 2. The molecule has 0 spiro atoms. The number of rotatable bonds is 5. The van der Waals surface area contributed by atoms with E-state index in [9.17, 15) is 9.59 Å². The van der Waals surface area contributed by atoms with Gasteiger partial charge >= 0.3 is 0 Å². The monoisotopic (exact) mass is 340 g/mol. The predicted molar refractivity (Wildman–Crippen MR) is 88.2 cm³/mol. The highest BCUT2D eigenvalue weighted by atomic mass is 16.5. The summed E-state index contributed by atoms with van der Waals surface area (Å²) in [6, 6.07) is 8.47. The molecule has 0 aliphatic carbocycles. The lowest BCUT2D eigenvalue weighted by Crippen LogP contribution is -2.35. The topological polar surface area (TPSA) is 106 Å². The van der Waals surface area contributed by atoms with Crippen molar-refractivity contribution in [1.82, 2.24) is 24.8 Å². The van der Waals surface area contributed by atoms with Crippen molar-refractivity contribution in [2.45, 2.75) is 6.92 Å². The summed E-state index contributed by atoms with van der Waals surface area (Å²) in [6.07, 6.45) is 3.00. The highest BCUT2D eigenvalue weighted by Crippen LogP contribution is 2.11. The Bertz CT molecular complexity index is 870. The summed E-state index contributed by atoms with van der Waals surface area (Å²) in [4.78, 5) is 29.6. The first-order chi connectivity index (χ1) is 12.0. The Morgan fingerprint density at radius 3 is 2.64 bits per heavy atom. The molecule has 2 aromatic heterocycles. The molecule has 25 heavy (non-hydrogen) atoms. The Balaban J connectivity index is 1.60. The van der Waals surface area contributed by atoms with E-state index in [0.29, 0.717) is 17.1 Å². The summed E-state index contributed by atoms with van der Waals surface area (Å²) in [6.45, 7) is 1.62. The van der Waals surface area contributed by atoms with Crippen LogP contribution in [0.2, 0.25) is 0 Å². The molecule has 9 heteroatoms. The molecule has 0 atom stereocenters. The molecule has 1 N–H and O–H groups in total. The third-order valence-electron chi connectivity index (χ3n) is 3.42. The lowest BCUT2D eigenvalue weighted by atomic mass is 10.2. The van der Waals surface area contributed by atoms with E-state index >= 15 is 0 Å². The van der Waals surface area contributed by atoms with Gasteiger partial charge in [-0.15, -0.1) is 0 Å². The molecule has 0 bridgehead atoms. The molecule has 9 nitrogen and oxygen atoms in total. The largest absolute Gasteiger partial charge is 0.360 e. The molecule has 128 valence electrons. The van der Waals surface area contributed by atoms with Gasteiger partial charge in [-0.2, -0.15) is 5.10 Å². The van der Waals surface area contributed by atoms with E-state index in [1.165, 1.54) is 11.2 Å². The van der Waals surface area contributed by atoms with Crippen LogP contribution in [0.5, 0.6) is 0 Å². The fourth-order valence-corrected chi connectivity index (χ4v) is 2.21. The predicted octanol–water partition coefficient (Wildman–Crippen LogP) is 1.27. The fourth-order valence-electron chi connectivity index (χ4n) is 2.21. The number of nitrogens with one attached hydrogen (secondary N) is 1. The molecule has 0 radical (unpaired) electrons. The van der Waals surface area contributed by atoms with Crippen molar-refractivity contribution in [3.63, 3.8) is 0 Å². The quantitative estimate of drug-likeness (QED) is 0.750. The van der Waals surface area contributed by atoms with E-state index in [-0.39, 0.29) is 18.4 Å². The molecule has 0 fully saturated rings. The first-order valence-corrected chi connectivity index (χ1v) is 7.46. The second-order valence-corrected chi connectivity index (χ2v) is 5.42. The van der Waals surface area contributed by atoms with Crippen molar-refractivity contribution < 1.29 is 14.1 Å². The number of amides is 2.